The SMILES string of the molecule is CCCCC1(CC)N=C(SCc2ccccn2)NC1=O. The van der Waals surface area contributed by atoms with Gasteiger partial charge in [0.1, 0.15) is 5.54 Å². The molecule has 0 bridgehead atoms. The quantitative estimate of drug-likeness (QED) is 0.876. The number of unbranched alkanes of at least 4 members (excludes halogenated alkanes) is 1. The Morgan fingerprint density at radius 1 is 1.35 bits per heavy atom. The minimum Gasteiger partial charge on any atom is -0.303 e. The average Bonchev–Trinajstić information content (AvgIpc) is 2.81. The highest BCUT2D eigenvalue weighted by atomic mass is 32.2. The predicted octanol–water partition coefficient (Wildman–Crippen LogP) is 3.14. The summed E-state index contributed by atoms with van der Waals surface area (Å²) in [6.45, 7) is 4.17. The molecule has 0 aromatic carbocycles. The molecule has 1 aromatic heterocycles. The van der Waals surface area contributed by atoms with Gasteiger partial charge in [-0.2, -0.15) is 0 Å². The fourth-order valence-electron chi connectivity index (χ4n) is 2.24. The minimum atomic E-state index is -0.539. The van der Waals surface area contributed by atoms with Crippen molar-refractivity contribution in [3.05, 3.63) is 30.1 Å². The number of carbonyl (C=O) groups is 1. The van der Waals surface area contributed by atoms with Crippen molar-refractivity contribution in [1.29, 1.82) is 0 Å². The molecule has 2 rings (SSSR count). The molecule has 1 unspecified atom stereocenters. The lowest BCUT2D eigenvalue weighted by atomic mass is 9.90. The van der Waals surface area contributed by atoms with Gasteiger partial charge in [-0.15, -0.1) is 0 Å². The molecule has 1 atom stereocenters. The maximum absolute atomic E-state index is 12.2. The largest absolute Gasteiger partial charge is 0.303 e. The smallest absolute Gasteiger partial charge is 0.253 e. The number of aliphatic imine (C=N–C) groups is 1. The number of hydrogen-bond acceptors (Lipinski definition) is 4. The first kappa shape index (κ1) is 15.0. The lowest BCUT2D eigenvalue weighted by Gasteiger charge is -2.20. The van der Waals surface area contributed by atoms with Crippen LogP contribution in [0.3, 0.4) is 0 Å². The molecule has 20 heavy (non-hydrogen) atoms. The molecule has 0 saturated carbocycles. The second kappa shape index (κ2) is 6.88. The second-order valence-electron chi connectivity index (χ2n) is 4.97. The van der Waals surface area contributed by atoms with Crippen molar-refractivity contribution in [2.75, 3.05) is 0 Å². The first-order valence-electron chi connectivity index (χ1n) is 7.14. The Kier molecular flexibility index (Phi) is 5.17. The summed E-state index contributed by atoms with van der Waals surface area (Å²) in [5, 5.41) is 3.66. The second-order valence-corrected chi connectivity index (χ2v) is 5.93. The van der Waals surface area contributed by atoms with E-state index in [1.807, 2.05) is 25.1 Å². The van der Waals surface area contributed by atoms with E-state index in [-0.39, 0.29) is 5.91 Å². The Hall–Kier alpha value is -1.36. The molecule has 0 spiro atoms. The van der Waals surface area contributed by atoms with Gasteiger partial charge in [0.15, 0.2) is 5.17 Å². The van der Waals surface area contributed by atoms with Crippen molar-refractivity contribution in [2.24, 2.45) is 4.99 Å². The number of carbonyl (C=O) groups excluding carboxylic acids is 1. The highest BCUT2D eigenvalue weighted by Gasteiger charge is 2.41. The number of amides is 1. The third-order valence-corrected chi connectivity index (χ3v) is 4.48. The molecular weight excluding hydrogens is 270 g/mol. The van der Waals surface area contributed by atoms with Crippen LogP contribution in [0.2, 0.25) is 0 Å². The first-order valence-corrected chi connectivity index (χ1v) is 8.13. The van der Waals surface area contributed by atoms with E-state index < -0.39 is 5.54 Å². The van der Waals surface area contributed by atoms with Gasteiger partial charge in [-0.3, -0.25) is 9.78 Å². The summed E-state index contributed by atoms with van der Waals surface area (Å²) >= 11 is 1.55. The van der Waals surface area contributed by atoms with E-state index in [1.54, 1.807) is 18.0 Å². The number of aromatic nitrogens is 1. The van der Waals surface area contributed by atoms with Crippen LogP contribution in [0, 0.1) is 0 Å². The van der Waals surface area contributed by atoms with Crippen LogP contribution in [-0.4, -0.2) is 21.6 Å². The third-order valence-electron chi connectivity index (χ3n) is 3.57. The lowest BCUT2D eigenvalue weighted by Crippen LogP contribution is -2.38. The Labute approximate surface area is 124 Å². The van der Waals surface area contributed by atoms with Crippen molar-refractivity contribution >= 4 is 22.8 Å². The standard InChI is InChI=1S/C15H21N3OS/c1-3-5-9-15(4-2)13(19)17-14(18-15)20-11-12-8-6-7-10-16-12/h6-8,10H,3-5,9,11H2,1-2H3,(H,17,18,19). The first-order chi connectivity index (χ1) is 9.70. The van der Waals surface area contributed by atoms with Crippen LogP contribution >= 0.6 is 11.8 Å². The molecule has 1 aliphatic heterocycles. The van der Waals surface area contributed by atoms with Crippen LogP contribution in [0.25, 0.3) is 0 Å². The van der Waals surface area contributed by atoms with Crippen molar-refractivity contribution in [3.63, 3.8) is 0 Å². The maximum atomic E-state index is 12.2. The van der Waals surface area contributed by atoms with Gasteiger partial charge in [-0.1, -0.05) is 44.5 Å². The van der Waals surface area contributed by atoms with E-state index in [0.717, 1.165) is 42.3 Å². The highest BCUT2D eigenvalue weighted by molar-refractivity contribution is 8.13. The fraction of sp³-hybridized carbons (Fsp3) is 0.533. The van der Waals surface area contributed by atoms with Gasteiger partial charge in [-0.25, -0.2) is 4.99 Å². The highest BCUT2D eigenvalue weighted by Crippen LogP contribution is 2.30. The van der Waals surface area contributed by atoms with Gasteiger partial charge >= 0.3 is 0 Å². The van der Waals surface area contributed by atoms with Crippen molar-refractivity contribution in [3.8, 4) is 0 Å². The van der Waals surface area contributed by atoms with Crippen LogP contribution < -0.4 is 5.32 Å². The summed E-state index contributed by atoms with van der Waals surface area (Å²) in [5.74, 6) is 0.782. The van der Waals surface area contributed by atoms with E-state index >= 15 is 0 Å². The Morgan fingerprint density at radius 3 is 2.85 bits per heavy atom. The number of pyridine rings is 1. The van der Waals surface area contributed by atoms with Gasteiger partial charge in [0.05, 0.1) is 5.69 Å². The topological polar surface area (TPSA) is 54.4 Å². The number of amidine groups is 1. The molecular formula is C15H21N3OS. The van der Waals surface area contributed by atoms with Crippen LogP contribution in [0.15, 0.2) is 29.4 Å². The van der Waals surface area contributed by atoms with Crippen molar-refractivity contribution in [2.45, 2.75) is 50.8 Å². The molecule has 0 saturated heterocycles. The molecule has 1 aliphatic rings. The molecule has 1 aromatic rings. The van der Waals surface area contributed by atoms with E-state index in [4.69, 9.17) is 0 Å². The molecule has 2 heterocycles. The number of nitrogens with zero attached hydrogens (tertiary/aromatic N) is 2. The minimum absolute atomic E-state index is 0.0528. The molecule has 0 fully saturated rings. The third kappa shape index (κ3) is 3.39. The summed E-state index contributed by atoms with van der Waals surface area (Å²) in [5.41, 5.74) is 0.458. The normalized spacial score (nSPS) is 21.7. The van der Waals surface area contributed by atoms with Gasteiger partial charge in [-0.05, 0) is 25.0 Å². The molecule has 5 heteroatoms. The van der Waals surface area contributed by atoms with Crippen LogP contribution in [0.4, 0.5) is 0 Å². The number of rotatable bonds is 6. The van der Waals surface area contributed by atoms with E-state index in [0.29, 0.717) is 0 Å². The Morgan fingerprint density at radius 2 is 2.20 bits per heavy atom. The molecule has 4 nitrogen and oxygen atoms in total. The van der Waals surface area contributed by atoms with Gasteiger partial charge in [0.2, 0.25) is 0 Å². The fourth-order valence-corrected chi connectivity index (χ4v) is 3.10. The Balaban J connectivity index is 2.00. The number of hydrogen-bond donors (Lipinski definition) is 1. The summed E-state index contributed by atoms with van der Waals surface area (Å²) in [6.07, 6.45) is 5.48. The van der Waals surface area contributed by atoms with E-state index in [1.165, 1.54) is 0 Å². The van der Waals surface area contributed by atoms with Crippen molar-refractivity contribution in [1.82, 2.24) is 10.3 Å². The molecule has 1 amide bonds. The summed E-state index contributed by atoms with van der Waals surface area (Å²) in [6, 6.07) is 5.85. The van der Waals surface area contributed by atoms with Gasteiger partial charge in [0.25, 0.3) is 5.91 Å². The molecule has 0 radical (unpaired) electrons. The Bertz CT molecular complexity index is 489. The summed E-state index contributed by atoms with van der Waals surface area (Å²) < 4.78 is 0. The monoisotopic (exact) mass is 291 g/mol. The maximum Gasteiger partial charge on any atom is 0.253 e. The zero-order chi connectivity index (χ0) is 14.4. The van der Waals surface area contributed by atoms with Crippen molar-refractivity contribution < 1.29 is 4.79 Å². The molecule has 1 N–H and O–H groups in total. The van der Waals surface area contributed by atoms with Gasteiger partial charge < -0.3 is 5.32 Å². The number of thioether (sulfide) groups is 1. The van der Waals surface area contributed by atoms with E-state index in [2.05, 4.69) is 22.2 Å². The van der Waals surface area contributed by atoms with Gasteiger partial charge in [0, 0.05) is 11.9 Å². The molecule has 0 aliphatic carbocycles. The molecule has 108 valence electrons. The lowest BCUT2D eigenvalue weighted by molar-refractivity contribution is -0.124. The average molecular weight is 291 g/mol. The van der Waals surface area contributed by atoms with E-state index in [9.17, 15) is 4.79 Å². The summed E-state index contributed by atoms with van der Waals surface area (Å²) in [7, 11) is 0. The summed E-state index contributed by atoms with van der Waals surface area (Å²) in [4.78, 5) is 21.1. The predicted molar refractivity (Wildman–Crippen MR) is 83.7 cm³/mol. The zero-order valence-electron chi connectivity index (χ0n) is 12.1. The van der Waals surface area contributed by atoms with Crippen LogP contribution in [-0.2, 0) is 10.5 Å². The number of nitrogens with one attached hydrogen (secondary N) is 1. The van der Waals surface area contributed by atoms with Crippen LogP contribution in [0.1, 0.15) is 45.2 Å². The van der Waals surface area contributed by atoms with Crippen LogP contribution in [0.5, 0.6) is 0 Å². The zero-order valence-corrected chi connectivity index (χ0v) is 12.9.